The van der Waals surface area contributed by atoms with Gasteiger partial charge >= 0.3 is 0 Å². The molecule has 12 heteroatoms. The zero-order valence-corrected chi connectivity index (χ0v) is 20.2. The number of nitriles is 1. The second kappa shape index (κ2) is 11.2. The lowest BCUT2D eigenvalue weighted by atomic mass is 10.1. The normalized spacial score (nSPS) is 15.8. The number of anilines is 4. The lowest BCUT2D eigenvalue weighted by Gasteiger charge is -2.25. The molecule has 5 heterocycles. The van der Waals surface area contributed by atoms with Gasteiger partial charge in [-0.25, -0.2) is 24.3 Å². The fourth-order valence-corrected chi connectivity index (χ4v) is 4.30. The number of nitrogens with one attached hydrogen (secondary N) is 2. The molecule has 5 rings (SSSR count). The second-order valence-corrected chi connectivity index (χ2v) is 8.79. The van der Waals surface area contributed by atoms with Crippen molar-refractivity contribution in [1.82, 2.24) is 24.8 Å². The van der Waals surface area contributed by atoms with E-state index >= 15 is 0 Å². The van der Waals surface area contributed by atoms with Crippen LogP contribution in [-0.2, 0) is 9.53 Å². The highest BCUT2D eigenvalue weighted by molar-refractivity contribution is 5.91. The number of carbonyl (C=O) groups excluding carboxylic acids is 1. The quantitative estimate of drug-likeness (QED) is 0.496. The Hall–Kier alpha value is -4.21. The molecule has 0 aliphatic carbocycles. The van der Waals surface area contributed by atoms with Crippen LogP contribution in [0.1, 0.15) is 18.4 Å². The SMILES string of the molecule is N#Cc1cc(-c2nc(Nc3ccc(NC(=O)CN4CCOCC4)nc3)ncc2F)cnc1N1CCCC1. The van der Waals surface area contributed by atoms with E-state index in [4.69, 9.17) is 4.74 Å². The molecule has 2 N–H and O–H groups in total. The standard InChI is InChI=1S/C25H26FN9O2/c26-20-15-30-25(33-23(20)18-11-17(12-27)24(29-13-18)35-5-1-2-6-35)31-19-3-4-21(28-14-19)32-22(36)16-34-7-9-37-10-8-34/h3-4,11,13-15H,1-2,5-10,16H2,(H,28,32,36)(H,30,31,33). The maximum atomic E-state index is 14.6. The summed E-state index contributed by atoms with van der Waals surface area (Å²) in [5.41, 5.74) is 1.36. The van der Waals surface area contributed by atoms with Gasteiger partial charge < -0.3 is 20.3 Å². The van der Waals surface area contributed by atoms with Gasteiger partial charge in [0.2, 0.25) is 11.9 Å². The van der Waals surface area contributed by atoms with Crippen molar-refractivity contribution >= 4 is 29.2 Å². The van der Waals surface area contributed by atoms with Crippen molar-refractivity contribution in [2.24, 2.45) is 0 Å². The molecule has 0 bridgehead atoms. The number of halogens is 1. The van der Waals surface area contributed by atoms with Crippen LogP contribution in [0.2, 0.25) is 0 Å². The van der Waals surface area contributed by atoms with E-state index in [0.29, 0.717) is 41.7 Å². The van der Waals surface area contributed by atoms with Gasteiger partial charge in [-0.2, -0.15) is 5.26 Å². The monoisotopic (exact) mass is 503 g/mol. The molecule has 0 saturated carbocycles. The number of nitrogens with zero attached hydrogens (tertiary/aromatic N) is 7. The van der Waals surface area contributed by atoms with E-state index < -0.39 is 5.82 Å². The number of rotatable bonds is 7. The summed E-state index contributed by atoms with van der Waals surface area (Å²) < 4.78 is 19.9. The zero-order valence-electron chi connectivity index (χ0n) is 20.2. The molecule has 1 amide bonds. The van der Waals surface area contributed by atoms with Gasteiger partial charge in [0.15, 0.2) is 5.82 Å². The van der Waals surface area contributed by atoms with Crippen molar-refractivity contribution in [3.8, 4) is 17.3 Å². The van der Waals surface area contributed by atoms with Gasteiger partial charge in [0, 0.05) is 37.9 Å². The number of ether oxygens (including phenoxy) is 1. The number of hydrogen-bond acceptors (Lipinski definition) is 10. The number of carbonyl (C=O) groups is 1. The van der Waals surface area contributed by atoms with Crippen molar-refractivity contribution < 1.29 is 13.9 Å². The molecule has 0 radical (unpaired) electrons. The van der Waals surface area contributed by atoms with Crippen LogP contribution in [0.5, 0.6) is 0 Å². The van der Waals surface area contributed by atoms with E-state index in [9.17, 15) is 14.4 Å². The molecule has 2 aliphatic rings. The predicted molar refractivity (Wildman–Crippen MR) is 135 cm³/mol. The summed E-state index contributed by atoms with van der Waals surface area (Å²) in [4.78, 5) is 33.4. The molecular weight excluding hydrogens is 477 g/mol. The summed E-state index contributed by atoms with van der Waals surface area (Å²) in [6, 6.07) is 7.14. The summed E-state index contributed by atoms with van der Waals surface area (Å²) >= 11 is 0. The van der Waals surface area contributed by atoms with E-state index in [1.807, 2.05) is 4.90 Å². The van der Waals surface area contributed by atoms with Gasteiger partial charge in [-0.1, -0.05) is 0 Å². The molecule has 37 heavy (non-hydrogen) atoms. The highest BCUT2D eigenvalue weighted by Crippen LogP contribution is 2.28. The minimum absolute atomic E-state index is 0.0365. The first-order valence-electron chi connectivity index (χ1n) is 12.1. The van der Waals surface area contributed by atoms with E-state index in [1.54, 1.807) is 18.2 Å². The van der Waals surface area contributed by atoms with Crippen molar-refractivity contribution in [1.29, 1.82) is 5.26 Å². The second-order valence-electron chi connectivity index (χ2n) is 8.79. The van der Waals surface area contributed by atoms with Gasteiger partial charge in [-0.3, -0.25) is 9.69 Å². The topological polar surface area (TPSA) is 132 Å². The van der Waals surface area contributed by atoms with Crippen LogP contribution in [-0.4, -0.2) is 76.7 Å². The van der Waals surface area contributed by atoms with Crippen LogP contribution >= 0.6 is 0 Å². The largest absolute Gasteiger partial charge is 0.379 e. The highest BCUT2D eigenvalue weighted by atomic mass is 19.1. The Kier molecular flexibility index (Phi) is 7.43. The molecule has 2 saturated heterocycles. The number of amides is 1. The van der Waals surface area contributed by atoms with Crippen LogP contribution < -0.4 is 15.5 Å². The molecule has 2 aliphatic heterocycles. The van der Waals surface area contributed by atoms with E-state index in [2.05, 4.69) is 41.5 Å². The summed E-state index contributed by atoms with van der Waals surface area (Å²) in [5.74, 6) is 0.409. The minimum atomic E-state index is -0.624. The average molecular weight is 504 g/mol. The lowest BCUT2D eigenvalue weighted by molar-refractivity contribution is -0.118. The molecule has 3 aromatic rings. The Morgan fingerprint density at radius 1 is 1.08 bits per heavy atom. The molecule has 190 valence electrons. The van der Waals surface area contributed by atoms with Gasteiger partial charge in [0.25, 0.3) is 0 Å². The summed E-state index contributed by atoms with van der Waals surface area (Å²) in [5, 5.41) is 15.4. The Labute approximate surface area is 213 Å². The third kappa shape index (κ3) is 5.96. The van der Waals surface area contributed by atoms with E-state index in [0.717, 1.165) is 45.2 Å². The number of pyridine rings is 2. The van der Waals surface area contributed by atoms with Crippen molar-refractivity contribution in [2.45, 2.75) is 12.8 Å². The molecule has 11 nitrogen and oxygen atoms in total. The van der Waals surface area contributed by atoms with Gasteiger partial charge in [0.1, 0.15) is 23.4 Å². The van der Waals surface area contributed by atoms with Crippen molar-refractivity contribution in [3.63, 3.8) is 0 Å². The third-order valence-corrected chi connectivity index (χ3v) is 6.17. The Bertz CT molecular complexity index is 1300. The summed E-state index contributed by atoms with van der Waals surface area (Å²) in [6.07, 6.45) is 6.23. The molecular formula is C25H26FN9O2. The fraction of sp³-hybridized carbons (Fsp3) is 0.360. The van der Waals surface area contributed by atoms with Gasteiger partial charge in [-0.05, 0) is 31.0 Å². The lowest BCUT2D eigenvalue weighted by Crippen LogP contribution is -2.41. The Balaban J connectivity index is 1.26. The smallest absolute Gasteiger partial charge is 0.239 e. The maximum Gasteiger partial charge on any atom is 0.239 e. The molecule has 3 aromatic heterocycles. The number of morpholine rings is 1. The van der Waals surface area contributed by atoms with Crippen LogP contribution in [0.15, 0.2) is 36.8 Å². The molecule has 0 unspecified atom stereocenters. The number of aromatic nitrogens is 4. The Morgan fingerprint density at radius 3 is 2.62 bits per heavy atom. The maximum absolute atomic E-state index is 14.6. The first-order chi connectivity index (χ1) is 18.1. The minimum Gasteiger partial charge on any atom is -0.379 e. The van der Waals surface area contributed by atoms with Gasteiger partial charge in [-0.15, -0.1) is 0 Å². The van der Waals surface area contributed by atoms with Gasteiger partial charge in [0.05, 0.1) is 43.4 Å². The van der Waals surface area contributed by atoms with Crippen molar-refractivity contribution in [3.05, 3.63) is 48.2 Å². The molecule has 2 fully saturated rings. The molecule has 0 atom stereocenters. The average Bonchev–Trinajstić information content (AvgIpc) is 3.46. The van der Waals surface area contributed by atoms with Crippen LogP contribution in [0, 0.1) is 17.1 Å². The number of hydrogen-bond donors (Lipinski definition) is 2. The highest BCUT2D eigenvalue weighted by Gasteiger charge is 2.20. The first-order valence-corrected chi connectivity index (χ1v) is 12.1. The van der Waals surface area contributed by atoms with E-state index in [-0.39, 0.29) is 24.1 Å². The third-order valence-electron chi connectivity index (χ3n) is 6.17. The van der Waals surface area contributed by atoms with Crippen molar-refractivity contribution in [2.75, 3.05) is 61.5 Å². The van der Waals surface area contributed by atoms with Crippen LogP contribution in [0.25, 0.3) is 11.3 Å². The van der Waals surface area contributed by atoms with Crippen LogP contribution in [0.3, 0.4) is 0 Å². The summed E-state index contributed by atoms with van der Waals surface area (Å²) in [6.45, 7) is 4.67. The first kappa shape index (κ1) is 24.5. The fourth-order valence-electron chi connectivity index (χ4n) is 4.30. The molecule has 0 spiro atoms. The zero-order chi connectivity index (χ0) is 25.6. The molecule has 0 aromatic carbocycles. The van der Waals surface area contributed by atoms with Crippen LogP contribution in [0.4, 0.5) is 27.7 Å². The predicted octanol–water partition coefficient (Wildman–Crippen LogP) is 2.56. The summed E-state index contributed by atoms with van der Waals surface area (Å²) in [7, 11) is 0. The van der Waals surface area contributed by atoms with E-state index in [1.165, 1.54) is 12.4 Å². The Morgan fingerprint density at radius 2 is 1.89 bits per heavy atom.